The SMILES string of the molecule is CC(C)(C)OC(=O)Nc1cccc(N2C(=O)N(c3ccccc3)Cc3cnc(Nc4cccnc4F)nc32)c1. The molecule has 0 radical (unpaired) electrons. The largest absolute Gasteiger partial charge is 0.444 e. The lowest BCUT2D eigenvalue weighted by Crippen LogP contribution is -2.45. The Hall–Kier alpha value is -5.06. The number of nitrogens with one attached hydrogen (secondary N) is 2. The van der Waals surface area contributed by atoms with Gasteiger partial charge in [0.25, 0.3) is 0 Å². The van der Waals surface area contributed by atoms with Crippen LogP contribution in [-0.2, 0) is 11.3 Å². The molecule has 10 nitrogen and oxygen atoms in total. The van der Waals surface area contributed by atoms with Gasteiger partial charge in [-0.1, -0.05) is 24.3 Å². The Bertz CT molecular complexity index is 1530. The van der Waals surface area contributed by atoms with Crippen molar-refractivity contribution < 1.29 is 18.7 Å². The Labute approximate surface area is 224 Å². The van der Waals surface area contributed by atoms with Crippen molar-refractivity contribution in [2.24, 2.45) is 0 Å². The molecular weight excluding hydrogens is 501 g/mol. The Morgan fingerprint density at radius 3 is 2.51 bits per heavy atom. The van der Waals surface area contributed by atoms with Crippen molar-refractivity contribution in [2.45, 2.75) is 32.9 Å². The molecule has 4 aromatic rings. The topological polar surface area (TPSA) is 113 Å². The molecule has 3 heterocycles. The van der Waals surface area contributed by atoms with E-state index in [2.05, 4.69) is 25.6 Å². The van der Waals surface area contributed by atoms with E-state index in [1.807, 2.05) is 30.3 Å². The lowest BCUT2D eigenvalue weighted by Gasteiger charge is -2.36. The van der Waals surface area contributed by atoms with E-state index in [1.54, 1.807) is 62.2 Å². The molecule has 0 aliphatic carbocycles. The van der Waals surface area contributed by atoms with Gasteiger partial charge in [-0.25, -0.2) is 24.5 Å². The molecule has 2 aromatic carbocycles. The molecular formula is C28H26FN7O3. The van der Waals surface area contributed by atoms with E-state index >= 15 is 0 Å². The van der Waals surface area contributed by atoms with Crippen LogP contribution in [0.4, 0.5) is 48.5 Å². The molecule has 1 aliphatic heterocycles. The Kier molecular flexibility index (Phi) is 6.80. The monoisotopic (exact) mass is 527 g/mol. The predicted molar refractivity (Wildman–Crippen MR) is 146 cm³/mol. The van der Waals surface area contributed by atoms with Gasteiger partial charge in [-0.15, -0.1) is 0 Å². The third-order valence-corrected chi connectivity index (χ3v) is 5.63. The maximum Gasteiger partial charge on any atom is 0.412 e. The van der Waals surface area contributed by atoms with E-state index in [-0.39, 0.29) is 24.2 Å². The molecule has 39 heavy (non-hydrogen) atoms. The summed E-state index contributed by atoms with van der Waals surface area (Å²) in [6.45, 7) is 5.54. The summed E-state index contributed by atoms with van der Waals surface area (Å²) < 4.78 is 19.5. The number of hydrogen-bond acceptors (Lipinski definition) is 7. The maximum absolute atomic E-state index is 14.2. The van der Waals surface area contributed by atoms with Crippen molar-refractivity contribution in [1.29, 1.82) is 0 Å². The molecule has 0 spiro atoms. The minimum atomic E-state index is -0.706. The highest BCUT2D eigenvalue weighted by atomic mass is 19.1. The number of pyridine rings is 1. The minimum Gasteiger partial charge on any atom is -0.444 e. The summed E-state index contributed by atoms with van der Waals surface area (Å²) >= 11 is 0. The second-order valence-corrected chi connectivity index (χ2v) is 9.73. The second kappa shape index (κ2) is 10.4. The van der Waals surface area contributed by atoms with E-state index in [0.29, 0.717) is 28.4 Å². The van der Waals surface area contributed by atoms with Gasteiger partial charge >= 0.3 is 12.1 Å². The van der Waals surface area contributed by atoms with E-state index in [9.17, 15) is 14.0 Å². The fourth-order valence-electron chi connectivity index (χ4n) is 4.00. The van der Waals surface area contributed by atoms with Gasteiger partial charge in [-0.05, 0) is 63.2 Å². The zero-order valence-electron chi connectivity index (χ0n) is 21.6. The first kappa shape index (κ1) is 25.6. The van der Waals surface area contributed by atoms with Crippen LogP contribution < -0.4 is 20.4 Å². The smallest absolute Gasteiger partial charge is 0.412 e. The van der Waals surface area contributed by atoms with Crippen LogP contribution in [0, 0.1) is 5.95 Å². The lowest BCUT2D eigenvalue weighted by atomic mass is 10.1. The number of ether oxygens (including phenoxy) is 1. The van der Waals surface area contributed by atoms with Gasteiger partial charge in [0.15, 0.2) is 5.82 Å². The van der Waals surface area contributed by atoms with Crippen LogP contribution in [0.2, 0.25) is 0 Å². The van der Waals surface area contributed by atoms with Crippen LogP contribution >= 0.6 is 0 Å². The summed E-state index contributed by atoms with van der Waals surface area (Å²) in [6, 6.07) is 18.7. The van der Waals surface area contributed by atoms with Gasteiger partial charge in [-0.3, -0.25) is 10.2 Å². The molecule has 0 unspecified atom stereocenters. The molecule has 5 rings (SSSR count). The standard InChI is InChI=1S/C28H26FN7O3/c1-28(2,3)39-26(37)32-19-9-7-12-21(15-19)36-24-18(17-35(27(36)38)20-10-5-4-6-11-20)16-31-25(34-24)33-22-13-8-14-30-23(22)29/h4-16H,17H2,1-3H3,(H,32,37)(H,31,33,34). The summed E-state index contributed by atoms with van der Waals surface area (Å²) in [6.07, 6.45) is 2.31. The Balaban J connectivity index is 1.54. The second-order valence-electron chi connectivity index (χ2n) is 9.73. The third kappa shape index (κ3) is 5.77. The highest BCUT2D eigenvalue weighted by Gasteiger charge is 2.34. The predicted octanol–water partition coefficient (Wildman–Crippen LogP) is 6.38. The molecule has 3 amide bonds. The molecule has 0 bridgehead atoms. The van der Waals surface area contributed by atoms with E-state index < -0.39 is 17.6 Å². The summed E-state index contributed by atoms with van der Waals surface area (Å²) in [5, 5.41) is 5.53. The fraction of sp³-hybridized carbons (Fsp3) is 0.179. The molecule has 11 heteroatoms. The first-order valence-electron chi connectivity index (χ1n) is 12.2. The van der Waals surface area contributed by atoms with E-state index in [0.717, 1.165) is 0 Å². The van der Waals surface area contributed by atoms with Crippen molar-refractivity contribution >= 4 is 46.6 Å². The molecule has 198 valence electrons. The lowest BCUT2D eigenvalue weighted by molar-refractivity contribution is 0.0636. The number of aromatic nitrogens is 3. The number of amides is 3. The van der Waals surface area contributed by atoms with E-state index in [4.69, 9.17) is 4.74 Å². The van der Waals surface area contributed by atoms with Crippen molar-refractivity contribution in [1.82, 2.24) is 15.0 Å². The zero-order valence-corrected chi connectivity index (χ0v) is 21.6. The van der Waals surface area contributed by atoms with E-state index in [1.165, 1.54) is 17.2 Å². The minimum absolute atomic E-state index is 0.0923. The molecule has 0 fully saturated rings. The summed E-state index contributed by atoms with van der Waals surface area (Å²) in [7, 11) is 0. The number of anilines is 6. The average Bonchev–Trinajstić information content (AvgIpc) is 2.89. The molecule has 2 N–H and O–H groups in total. The van der Waals surface area contributed by atoms with Gasteiger partial charge in [-0.2, -0.15) is 9.37 Å². The Morgan fingerprint density at radius 2 is 1.77 bits per heavy atom. The van der Waals surface area contributed by atoms with Crippen LogP contribution in [0.1, 0.15) is 26.3 Å². The van der Waals surface area contributed by atoms with Crippen LogP contribution in [0.15, 0.2) is 79.1 Å². The van der Waals surface area contributed by atoms with Crippen LogP contribution in [0.3, 0.4) is 0 Å². The number of hydrogen-bond donors (Lipinski definition) is 2. The number of fused-ring (bicyclic) bond motifs is 1. The molecule has 0 atom stereocenters. The zero-order chi connectivity index (χ0) is 27.6. The average molecular weight is 528 g/mol. The number of rotatable bonds is 5. The normalized spacial score (nSPS) is 13.1. The molecule has 0 saturated heterocycles. The van der Waals surface area contributed by atoms with Gasteiger partial charge < -0.3 is 10.1 Å². The number of benzene rings is 2. The first-order valence-corrected chi connectivity index (χ1v) is 12.2. The highest BCUT2D eigenvalue weighted by Crippen LogP contribution is 2.37. The van der Waals surface area contributed by atoms with Crippen molar-refractivity contribution in [3.63, 3.8) is 0 Å². The van der Waals surface area contributed by atoms with Crippen molar-refractivity contribution in [3.8, 4) is 0 Å². The van der Waals surface area contributed by atoms with Gasteiger partial charge in [0.2, 0.25) is 11.9 Å². The van der Waals surface area contributed by atoms with Gasteiger partial charge in [0, 0.05) is 29.3 Å². The molecule has 0 saturated carbocycles. The van der Waals surface area contributed by atoms with Crippen LogP contribution in [-0.4, -0.2) is 32.7 Å². The van der Waals surface area contributed by atoms with Gasteiger partial charge in [0.1, 0.15) is 5.60 Å². The van der Waals surface area contributed by atoms with Crippen molar-refractivity contribution in [2.75, 3.05) is 20.4 Å². The summed E-state index contributed by atoms with van der Waals surface area (Å²) in [5.74, 6) is -0.291. The first-order chi connectivity index (χ1) is 18.7. The summed E-state index contributed by atoms with van der Waals surface area (Å²) in [5.41, 5.74) is 1.67. The summed E-state index contributed by atoms with van der Waals surface area (Å²) in [4.78, 5) is 41.9. The number of nitrogens with zero attached hydrogens (tertiary/aromatic N) is 5. The third-order valence-electron chi connectivity index (χ3n) is 5.63. The molecule has 2 aromatic heterocycles. The maximum atomic E-state index is 14.2. The van der Waals surface area contributed by atoms with Crippen molar-refractivity contribution in [3.05, 3.63) is 90.6 Å². The number of urea groups is 1. The number of halogens is 1. The Morgan fingerprint density at radius 1 is 1.00 bits per heavy atom. The van der Waals surface area contributed by atoms with Crippen LogP contribution in [0.25, 0.3) is 0 Å². The van der Waals surface area contributed by atoms with Crippen LogP contribution in [0.5, 0.6) is 0 Å². The quantitative estimate of drug-likeness (QED) is 0.290. The number of carbonyl (C=O) groups excluding carboxylic acids is 2. The molecule has 1 aliphatic rings. The highest BCUT2D eigenvalue weighted by molar-refractivity contribution is 6.10. The number of carbonyl (C=O) groups is 2. The number of para-hydroxylation sites is 1. The van der Waals surface area contributed by atoms with Gasteiger partial charge in [0.05, 0.1) is 17.9 Å². The fourth-order valence-corrected chi connectivity index (χ4v) is 4.00.